The number of esters is 1. The van der Waals surface area contributed by atoms with Crippen molar-refractivity contribution in [2.45, 2.75) is 24.7 Å². The van der Waals surface area contributed by atoms with E-state index in [1.807, 2.05) is 0 Å². The van der Waals surface area contributed by atoms with Gasteiger partial charge in [-0.25, -0.2) is 9.63 Å². The highest BCUT2D eigenvalue weighted by Crippen LogP contribution is 2.17. The van der Waals surface area contributed by atoms with Crippen molar-refractivity contribution in [3.63, 3.8) is 0 Å². The van der Waals surface area contributed by atoms with Crippen LogP contribution in [0.4, 0.5) is 0 Å². The molecular formula is C24H24N2O5S. The van der Waals surface area contributed by atoms with Crippen molar-refractivity contribution >= 4 is 22.2 Å². The summed E-state index contributed by atoms with van der Waals surface area (Å²) in [5.41, 5.74) is 1.04. The van der Waals surface area contributed by atoms with E-state index in [4.69, 9.17) is 9.47 Å². The minimum absolute atomic E-state index is 0.125. The monoisotopic (exact) mass is 452 g/mol. The van der Waals surface area contributed by atoms with Crippen LogP contribution >= 0.6 is 0 Å². The zero-order valence-corrected chi connectivity index (χ0v) is 18.4. The lowest BCUT2D eigenvalue weighted by Gasteiger charge is -2.07. The molecule has 3 aromatic carbocycles. The lowest BCUT2D eigenvalue weighted by molar-refractivity contribution is 0.0734. The summed E-state index contributed by atoms with van der Waals surface area (Å²) < 4.78 is 35.2. The first-order chi connectivity index (χ1) is 15.5. The van der Waals surface area contributed by atoms with Crippen LogP contribution < -0.4 is 14.3 Å². The quantitative estimate of drug-likeness (QED) is 0.162. The fourth-order valence-electron chi connectivity index (χ4n) is 2.63. The summed E-state index contributed by atoms with van der Waals surface area (Å²) in [5.74, 6) is 0.587. The average molecular weight is 453 g/mol. The molecule has 0 amide bonds. The number of hydrogen-bond acceptors (Lipinski definition) is 6. The van der Waals surface area contributed by atoms with Crippen LogP contribution in [-0.4, -0.2) is 27.2 Å². The van der Waals surface area contributed by atoms with Gasteiger partial charge in [-0.1, -0.05) is 31.5 Å². The van der Waals surface area contributed by atoms with E-state index >= 15 is 0 Å². The third kappa shape index (κ3) is 6.68. The molecule has 0 unspecified atom stereocenters. The van der Waals surface area contributed by atoms with E-state index in [-0.39, 0.29) is 4.90 Å². The summed E-state index contributed by atoms with van der Waals surface area (Å²) >= 11 is 0. The molecule has 32 heavy (non-hydrogen) atoms. The topological polar surface area (TPSA) is 94.1 Å². The Morgan fingerprint density at radius 2 is 1.59 bits per heavy atom. The molecule has 0 aliphatic heterocycles. The molecule has 0 fully saturated rings. The zero-order valence-electron chi connectivity index (χ0n) is 17.6. The summed E-state index contributed by atoms with van der Waals surface area (Å²) in [6.07, 6.45) is 3.39. The highest BCUT2D eigenvalue weighted by atomic mass is 32.2. The Bertz CT molecular complexity index is 1140. The third-order valence-corrected chi connectivity index (χ3v) is 5.63. The number of rotatable bonds is 10. The summed E-state index contributed by atoms with van der Waals surface area (Å²) in [4.78, 5) is 14.6. The number of unbranched alkanes of at least 4 members (excludes halogenated alkanes) is 1. The Balaban J connectivity index is 1.54. The Hall–Kier alpha value is -3.65. The van der Waals surface area contributed by atoms with Crippen molar-refractivity contribution in [3.8, 4) is 11.5 Å². The van der Waals surface area contributed by atoms with Crippen LogP contribution in [0.2, 0.25) is 0 Å². The molecule has 166 valence electrons. The molecule has 0 spiro atoms. The molecule has 0 radical (unpaired) electrons. The molecule has 0 atom stereocenters. The predicted molar refractivity (Wildman–Crippen MR) is 123 cm³/mol. The van der Waals surface area contributed by atoms with Crippen molar-refractivity contribution < 1.29 is 22.7 Å². The molecular weight excluding hydrogens is 428 g/mol. The number of ether oxygens (including phenoxy) is 2. The summed E-state index contributed by atoms with van der Waals surface area (Å²) in [6.45, 7) is 2.73. The largest absolute Gasteiger partial charge is 0.494 e. The number of carbonyl (C=O) groups excluding carboxylic acids is 1. The normalized spacial score (nSPS) is 11.3. The molecule has 0 aliphatic rings. The SMILES string of the molecule is CCCCOc1ccc(C(=O)Oc2ccc(/C=N/NS(=O)(=O)c3ccccc3)cc2)cc1. The van der Waals surface area contributed by atoms with Crippen LogP contribution in [0.5, 0.6) is 11.5 Å². The van der Waals surface area contributed by atoms with Crippen LogP contribution in [0, 0.1) is 0 Å². The number of sulfonamides is 1. The maximum absolute atomic E-state index is 12.3. The van der Waals surface area contributed by atoms with E-state index in [0.717, 1.165) is 12.8 Å². The van der Waals surface area contributed by atoms with Gasteiger partial charge in [0.05, 0.1) is 23.3 Å². The number of nitrogens with zero attached hydrogens (tertiary/aromatic N) is 1. The fraction of sp³-hybridized carbons (Fsp3) is 0.167. The first kappa shape index (κ1) is 23.0. The number of hydrazone groups is 1. The van der Waals surface area contributed by atoms with E-state index in [0.29, 0.717) is 29.2 Å². The van der Waals surface area contributed by atoms with Crippen LogP contribution in [0.3, 0.4) is 0 Å². The van der Waals surface area contributed by atoms with Gasteiger partial charge in [-0.2, -0.15) is 13.5 Å². The van der Waals surface area contributed by atoms with Crippen molar-refractivity contribution in [3.05, 3.63) is 90.0 Å². The van der Waals surface area contributed by atoms with Gasteiger partial charge in [0.25, 0.3) is 10.0 Å². The second-order valence-electron chi connectivity index (χ2n) is 6.85. The van der Waals surface area contributed by atoms with Crippen molar-refractivity contribution in [1.29, 1.82) is 0 Å². The molecule has 0 saturated heterocycles. The van der Waals surface area contributed by atoms with E-state index in [2.05, 4.69) is 16.9 Å². The molecule has 8 heteroatoms. The van der Waals surface area contributed by atoms with Gasteiger partial charge in [-0.15, -0.1) is 0 Å². The van der Waals surface area contributed by atoms with Gasteiger partial charge in [0.15, 0.2) is 0 Å². The number of nitrogens with one attached hydrogen (secondary N) is 1. The van der Waals surface area contributed by atoms with Crippen molar-refractivity contribution in [2.75, 3.05) is 6.61 Å². The number of carbonyl (C=O) groups is 1. The van der Waals surface area contributed by atoms with Crippen molar-refractivity contribution in [1.82, 2.24) is 4.83 Å². The van der Waals surface area contributed by atoms with Crippen LogP contribution in [-0.2, 0) is 10.0 Å². The summed E-state index contributed by atoms with van der Waals surface area (Å²) in [6, 6.07) is 21.3. The number of benzene rings is 3. The zero-order chi connectivity index (χ0) is 22.8. The molecule has 7 nitrogen and oxygen atoms in total. The van der Waals surface area contributed by atoms with E-state index < -0.39 is 16.0 Å². The van der Waals surface area contributed by atoms with E-state index in [1.165, 1.54) is 18.3 Å². The molecule has 0 saturated carbocycles. The highest BCUT2D eigenvalue weighted by molar-refractivity contribution is 7.89. The van der Waals surface area contributed by atoms with E-state index in [1.54, 1.807) is 66.7 Å². The van der Waals surface area contributed by atoms with Gasteiger partial charge in [-0.3, -0.25) is 0 Å². The van der Waals surface area contributed by atoms with Gasteiger partial charge in [0.1, 0.15) is 11.5 Å². The molecule has 3 aromatic rings. The second-order valence-corrected chi connectivity index (χ2v) is 8.51. The smallest absolute Gasteiger partial charge is 0.343 e. The van der Waals surface area contributed by atoms with E-state index in [9.17, 15) is 13.2 Å². The standard InChI is InChI=1S/C24H24N2O5S/c1-2-3-17-30-21-15-11-20(12-16-21)24(27)31-22-13-9-19(10-14-22)18-25-26-32(28,29)23-7-5-4-6-8-23/h4-16,18,26H,2-3,17H2,1H3/b25-18+. The molecule has 3 rings (SSSR count). The van der Waals surface area contributed by atoms with Gasteiger partial charge in [-0.05, 0) is 72.6 Å². The van der Waals surface area contributed by atoms with Gasteiger partial charge in [0.2, 0.25) is 0 Å². The maximum Gasteiger partial charge on any atom is 0.343 e. The second kappa shape index (κ2) is 11.1. The first-order valence-corrected chi connectivity index (χ1v) is 11.6. The first-order valence-electron chi connectivity index (χ1n) is 10.1. The van der Waals surface area contributed by atoms with Gasteiger partial charge in [0, 0.05) is 0 Å². The maximum atomic E-state index is 12.3. The molecule has 0 aromatic heterocycles. The minimum Gasteiger partial charge on any atom is -0.494 e. The van der Waals surface area contributed by atoms with Crippen molar-refractivity contribution in [2.24, 2.45) is 5.10 Å². The summed E-state index contributed by atoms with van der Waals surface area (Å²) in [5, 5.41) is 3.78. The van der Waals surface area contributed by atoms with Crippen LogP contribution in [0.1, 0.15) is 35.7 Å². The lowest BCUT2D eigenvalue weighted by Crippen LogP contribution is -2.18. The third-order valence-electron chi connectivity index (χ3n) is 4.39. The molecule has 0 heterocycles. The van der Waals surface area contributed by atoms with Gasteiger partial charge >= 0.3 is 5.97 Å². The van der Waals surface area contributed by atoms with Gasteiger partial charge < -0.3 is 9.47 Å². The predicted octanol–water partition coefficient (Wildman–Crippen LogP) is 4.40. The minimum atomic E-state index is -3.72. The molecule has 0 bridgehead atoms. The highest BCUT2D eigenvalue weighted by Gasteiger charge is 2.11. The molecule has 1 N–H and O–H groups in total. The fourth-order valence-corrected chi connectivity index (χ4v) is 3.44. The Morgan fingerprint density at radius 3 is 2.25 bits per heavy atom. The molecule has 0 aliphatic carbocycles. The Morgan fingerprint density at radius 1 is 0.938 bits per heavy atom. The Kier molecular flexibility index (Phi) is 7.99. The summed E-state index contributed by atoms with van der Waals surface area (Å²) in [7, 11) is -3.72. The van der Waals surface area contributed by atoms with Crippen LogP contribution in [0.25, 0.3) is 0 Å². The average Bonchev–Trinajstić information content (AvgIpc) is 2.81. The van der Waals surface area contributed by atoms with Crippen LogP contribution in [0.15, 0.2) is 88.9 Å². The Labute approximate surface area is 187 Å². The number of hydrogen-bond donors (Lipinski definition) is 1. The lowest BCUT2D eigenvalue weighted by atomic mass is 10.2.